The quantitative estimate of drug-likeness (QED) is 0.753. The predicted molar refractivity (Wildman–Crippen MR) is 79.0 cm³/mol. The average molecular weight is 275 g/mol. The Bertz CT molecular complexity index is 552. The van der Waals surface area contributed by atoms with Crippen molar-refractivity contribution in [2.45, 2.75) is 26.2 Å². The molecule has 0 aliphatic rings. The second-order valence-electron chi connectivity index (χ2n) is 4.92. The van der Waals surface area contributed by atoms with Crippen LogP contribution in [0.2, 0.25) is 0 Å². The van der Waals surface area contributed by atoms with E-state index in [1.807, 2.05) is 18.2 Å². The molecule has 0 spiro atoms. The van der Waals surface area contributed by atoms with E-state index < -0.39 is 11.6 Å². The minimum Gasteiger partial charge on any atom is -0.380 e. The molecule has 0 saturated heterocycles. The molecular weight excluding hydrogens is 256 g/mol. The molecule has 2 rings (SSSR count). The van der Waals surface area contributed by atoms with E-state index in [2.05, 4.69) is 17.4 Å². The summed E-state index contributed by atoms with van der Waals surface area (Å²) in [5.74, 6) is -1.02. The standard InChI is InChI=1S/C17H19F2N/c1-13-10-11-15(18)17(16(13)19)20-12-6-5-9-14-7-3-2-4-8-14/h2-4,7-8,10-11,20H,5-6,9,12H2,1H3. The SMILES string of the molecule is Cc1ccc(F)c(NCCCCc2ccccc2)c1F. The highest BCUT2D eigenvalue weighted by Crippen LogP contribution is 2.21. The van der Waals surface area contributed by atoms with E-state index in [0.717, 1.165) is 19.3 Å². The van der Waals surface area contributed by atoms with Crippen LogP contribution in [-0.4, -0.2) is 6.54 Å². The molecule has 20 heavy (non-hydrogen) atoms. The molecule has 0 aliphatic carbocycles. The minimum absolute atomic E-state index is 0.00953. The Labute approximate surface area is 118 Å². The summed E-state index contributed by atoms with van der Waals surface area (Å²) >= 11 is 0. The van der Waals surface area contributed by atoms with Gasteiger partial charge in [0.2, 0.25) is 0 Å². The van der Waals surface area contributed by atoms with Gasteiger partial charge in [-0.15, -0.1) is 0 Å². The fourth-order valence-corrected chi connectivity index (χ4v) is 2.13. The maximum absolute atomic E-state index is 13.7. The molecule has 1 nitrogen and oxygen atoms in total. The van der Waals surface area contributed by atoms with E-state index in [1.54, 1.807) is 6.92 Å². The van der Waals surface area contributed by atoms with Gasteiger partial charge in [-0.1, -0.05) is 36.4 Å². The zero-order valence-electron chi connectivity index (χ0n) is 11.6. The number of anilines is 1. The van der Waals surface area contributed by atoms with E-state index in [-0.39, 0.29) is 5.69 Å². The highest BCUT2D eigenvalue weighted by molar-refractivity contribution is 5.48. The van der Waals surface area contributed by atoms with Crippen LogP contribution < -0.4 is 5.32 Å². The van der Waals surface area contributed by atoms with Gasteiger partial charge >= 0.3 is 0 Å². The van der Waals surface area contributed by atoms with Gasteiger partial charge in [-0.3, -0.25) is 0 Å². The molecule has 0 aliphatic heterocycles. The topological polar surface area (TPSA) is 12.0 Å². The lowest BCUT2D eigenvalue weighted by molar-refractivity contribution is 0.581. The van der Waals surface area contributed by atoms with Crippen molar-refractivity contribution >= 4 is 5.69 Å². The fourth-order valence-electron chi connectivity index (χ4n) is 2.13. The molecule has 0 saturated carbocycles. The molecule has 106 valence electrons. The lowest BCUT2D eigenvalue weighted by Gasteiger charge is -2.10. The third kappa shape index (κ3) is 3.80. The lowest BCUT2D eigenvalue weighted by atomic mass is 10.1. The Balaban J connectivity index is 1.78. The van der Waals surface area contributed by atoms with Crippen LogP contribution >= 0.6 is 0 Å². The average Bonchev–Trinajstić information content (AvgIpc) is 2.47. The molecule has 0 radical (unpaired) electrons. The molecule has 2 aromatic carbocycles. The van der Waals surface area contributed by atoms with Crippen molar-refractivity contribution in [3.8, 4) is 0 Å². The number of hydrogen-bond acceptors (Lipinski definition) is 1. The number of aryl methyl sites for hydroxylation is 2. The van der Waals surface area contributed by atoms with Crippen molar-refractivity contribution in [1.29, 1.82) is 0 Å². The third-order valence-corrected chi connectivity index (χ3v) is 3.32. The summed E-state index contributed by atoms with van der Waals surface area (Å²) < 4.78 is 27.2. The molecule has 1 N–H and O–H groups in total. The van der Waals surface area contributed by atoms with Gasteiger partial charge in [0.15, 0.2) is 5.82 Å². The number of unbranched alkanes of at least 4 members (excludes halogenated alkanes) is 1. The van der Waals surface area contributed by atoms with Gasteiger partial charge in [0, 0.05) is 6.54 Å². The second-order valence-corrected chi connectivity index (χ2v) is 4.92. The Kier molecular flexibility index (Phi) is 5.10. The zero-order chi connectivity index (χ0) is 14.4. The van der Waals surface area contributed by atoms with Gasteiger partial charge in [-0.05, 0) is 43.4 Å². The van der Waals surface area contributed by atoms with Crippen molar-refractivity contribution in [3.63, 3.8) is 0 Å². The molecule has 0 bridgehead atoms. The summed E-state index contributed by atoms with van der Waals surface area (Å²) in [5, 5.41) is 2.86. The monoisotopic (exact) mass is 275 g/mol. The van der Waals surface area contributed by atoms with Crippen molar-refractivity contribution in [2.24, 2.45) is 0 Å². The summed E-state index contributed by atoms with van der Waals surface area (Å²) in [5.41, 5.74) is 1.74. The van der Waals surface area contributed by atoms with E-state index in [0.29, 0.717) is 12.1 Å². The van der Waals surface area contributed by atoms with Crippen molar-refractivity contribution < 1.29 is 8.78 Å². The lowest BCUT2D eigenvalue weighted by Crippen LogP contribution is -2.07. The summed E-state index contributed by atoms with van der Waals surface area (Å²) in [7, 11) is 0. The van der Waals surface area contributed by atoms with Crippen LogP contribution in [0.5, 0.6) is 0 Å². The summed E-state index contributed by atoms with van der Waals surface area (Å²) in [6, 6.07) is 13.0. The van der Waals surface area contributed by atoms with Gasteiger partial charge < -0.3 is 5.32 Å². The first-order chi connectivity index (χ1) is 9.68. The van der Waals surface area contributed by atoms with Crippen LogP contribution in [-0.2, 0) is 6.42 Å². The molecule has 0 amide bonds. The van der Waals surface area contributed by atoms with E-state index in [1.165, 1.54) is 17.7 Å². The highest BCUT2D eigenvalue weighted by Gasteiger charge is 2.10. The fraction of sp³-hybridized carbons (Fsp3) is 0.294. The number of benzene rings is 2. The smallest absolute Gasteiger partial charge is 0.152 e. The van der Waals surface area contributed by atoms with Crippen LogP contribution in [0, 0.1) is 18.6 Å². The molecule has 0 fully saturated rings. The molecule has 0 unspecified atom stereocenters. The van der Waals surface area contributed by atoms with Crippen LogP contribution in [0.15, 0.2) is 42.5 Å². The van der Waals surface area contributed by atoms with Crippen LogP contribution in [0.4, 0.5) is 14.5 Å². The Morgan fingerprint density at radius 2 is 1.70 bits per heavy atom. The number of rotatable bonds is 6. The highest BCUT2D eigenvalue weighted by atomic mass is 19.1. The van der Waals surface area contributed by atoms with Crippen LogP contribution in [0.25, 0.3) is 0 Å². The molecule has 0 atom stereocenters. The maximum Gasteiger partial charge on any atom is 0.152 e. The van der Waals surface area contributed by atoms with Crippen molar-refractivity contribution in [1.82, 2.24) is 0 Å². The molecule has 3 heteroatoms. The van der Waals surface area contributed by atoms with Crippen LogP contribution in [0.1, 0.15) is 24.0 Å². The molecule has 2 aromatic rings. The van der Waals surface area contributed by atoms with E-state index >= 15 is 0 Å². The zero-order valence-corrected chi connectivity index (χ0v) is 11.6. The number of nitrogens with one attached hydrogen (secondary N) is 1. The van der Waals surface area contributed by atoms with Crippen LogP contribution in [0.3, 0.4) is 0 Å². The summed E-state index contributed by atoms with van der Waals surface area (Å²) in [4.78, 5) is 0. The van der Waals surface area contributed by atoms with E-state index in [9.17, 15) is 8.78 Å². The van der Waals surface area contributed by atoms with Crippen molar-refractivity contribution in [2.75, 3.05) is 11.9 Å². The number of halogens is 2. The van der Waals surface area contributed by atoms with Gasteiger partial charge in [-0.25, -0.2) is 8.78 Å². The van der Waals surface area contributed by atoms with Gasteiger partial charge in [0.25, 0.3) is 0 Å². The van der Waals surface area contributed by atoms with Crippen molar-refractivity contribution in [3.05, 3.63) is 65.2 Å². The van der Waals surface area contributed by atoms with Gasteiger partial charge in [0.05, 0.1) is 0 Å². The summed E-state index contributed by atoms with van der Waals surface area (Å²) in [6.07, 6.45) is 2.86. The first kappa shape index (κ1) is 14.5. The van der Waals surface area contributed by atoms with Gasteiger partial charge in [-0.2, -0.15) is 0 Å². The first-order valence-electron chi connectivity index (χ1n) is 6.91. The third-order valence-electron chi connectivity index (χ3n) is 3.32. The molecular formula is C17H19F2N. The van der Waals surface area contributed by atoms with Gasteiger partial charge in [0.1, 0.15) is 11.5 Å². The Morgan fingerprint density at radius 3 is 2.45 bits per heavy atom. The second kappa shape index (κ2) is 7.04. The molecule has 0 aromatic heterocycles. The Hall–Kier alpha value is -1.90. The largest absolute Gasteiger partial charge is 0.380 e. The normalized spacial score (nSPS) is 10.6. The van der Waals surface area contributed by atoms with E-state index in [4.69, 9.17) is 0 Å². The number of hydrogen-bond donors (Lipinski definition) is 1. The Morgan fingerprint density at radius 1 is 0.950 bits per heavy atom. The first-order valence-corrected chi connectivity index (χ1v) is 6.91. The molecule has 0 heterocycles. The minimum atomic E-state index is -0.531. The maximum atomic E-state index is 13.7. The summed E-state index contributed by atoms with van der Waals surface area (Å²) in [6.45, 7) is 2.21. The predicted octanol–water partition coefficient (Wildman–Crippen LogP) is 4.71.